The van der Waals surface area contributed by atoms with Crippen molar-refractivity contribution in [1.29, 1.82) is 0 Å². The van der Waals surface area contributed by atoms with Gasteiger partial charge in [-0.25, -0.2) is 8.42 Å². The van der Waals surface area contributed by atoms with Crippen LogP contribution in [0.25, 0.3) is 0 Å². The third-order valence-electron chi connectivity index (χ3n) is 6.23. The first kappa shape index (κ1) is 31.9. The number of nitrogens with zero attached hydrogens (tertiary/aromatic N) is 2. The lowest BCUT2D eigenvalue weighted by molar-refractivity contribution is -0.139. The number of carbonyl (C=O) groups excluding carboxylic acids is 2. The van der Waals surface area contributed by atoms with Crippen molar-refractivity contribution in [2.75, 3.05) is 17.4 Å². The summed E-state index contributed by atoms with van der Waals surface area (Å²) in [4.78, 5) is 28.4. The van der Waals surface area contributed by atoms with Crippen LogP contribution in [0.3, 0.4) is 0 Å². The molecule has 0 spiro atoms. The van der Waals surface area contributed by atoms with Gasteiger partial charge in [-0.05, 0) is 62.2 Å². The van der Waals surface area contributed by atoms with Crippen molar-refractivity contribution >= 4 is 66.7 Å². The number of hydrogen-bond donors (Lipinski definition) is 1. The molecule has 0 aliphatic carbocycles. The number of halogens is 3. The van der Waals surface area contributed by atoms with Crippen LogP contribution in [-0.2, 0) is 26.2 Å². The number of sulfonamides is 1. The summed E-state index contributed by atoms with van der Waals surface area (Å²) in [5, 5.41) is 3.51. The molecule has 0 radical (unpaired) electrons. The highest BCUT2D eigenvalue weighted by atomic mass is 79.9. The molecule has 40 heavy (non-hydrogen) atoms. The van der Waals surface area contributed by atoms with E-state index in [1.165, 1.54) is 17.0 Å². The smallest absolute Gasteiger partial charge is 0.264 e. The Morgan fingerprint density at radius 1 is 0.950 bits per heavy atom. The Balaban J connectivity index is 2.05. The molecule has 0 fully saturated rings. The van der Waals surface area contributed by atoms with Crippen molar-refractivity contribution in [2.45, 2.75) is 45.2 Å². The number of carbonyl (C=O) groups is 2. The third-order valence-corrected chi connectivity index (χ3v) is 9.22. The van der Waals surface area contributed by atoms with Crippen LogP contribution in [0.2, 0.25) is 10.0 Å². The van der Waals surface area contributed by atoms with Crippen LogP contribution in [0.4, 0.5) is 5.69 Å². The number of benzene rings is 3. The van der Waals surface area contributed by atoms with Gasteiger partial charge in [-0.1, -0.05) is 82.8 Å². The lowest BCUT2D eigenvalue weighted by atomic mass is 10.1. The van der Waals surface area contributed by atoms with Crippen molar-refractivity contribution in [2.24, 2.45) is 5.92 Å². The molecule has 11 heteroatoms. The summed E-state index contributed by atoms with van der Waals surface area (Å²) in [5.41, 5.74) is 1.64. The van der Waals surface area contributed by atoms with E-state index in [9.17, 15) is 18.0 Å². The maximum atomic E-state index is 14.0. The average molecular weight is 669 g/mol. The van der Waals surface area contributed by atoms with Crippen LogP contribution in [-0.4, -0.2) is 44.3 Å². The quantitative estimate of drug-likeness (QED) is 0.255. The maximum absolute atomic E-state index is 14.0. The monoisotopic (exact) mass is 667 g/mol. The zero-order chi connectivity index (χ0) is 29.6. The molecule has 7 nitrogen and oxygen atoms in total. The fraction of sp³-hybridized carbons (Fsp3) is 0.310. The standard InChI is InChI=1S/C29H32BrCl2N3O4S/c1-19(2)16-33-29(37)21(4)34(17-25-26(31)9-6-10-27(25)32)28(36)18-35(23-8-5-7-22(30)15-23)40(38,39)24-13-11-20(3)12-14-24/h5-15,19,21H,16-18H2,1-4H3,(H,33,37). The molecule has 0 saturated carbocycles. The molecule has 0 saturated heterocycles. The van der Waals surface area contributed by atoms with Gasteiger partial charge < -0.3 is 10.2 Å². The van der Waals surface area contributed by atoms with E-state index in [4.69, 9.17) is 23.2 Å². The number of hydrogen-bond acceptors (Lipinski definition) is 4. The van der Waals surface area contributed by atoms with E-state index in [1.54, 1.807) is 61.5 Å². The maximum Gasteiger partial charge on any atom is 0.264 e. The molecular weight excluding hydrogens is 637 g/mol. The van der Waals surface area contributed by atoms with Gasteiger partial charge in [0.25, 0.3) is 10.0 Å². The molecule has 214 valence electrons. The number of anilines is 1. The minimum absolute atomic E-state index is 0.0364. The van der Waals surface area contributed by atoms with Crippen molar-refractivity contribution in [3.05, 3.63) is 92.4 Å². The summed E-state index contributed by atoms with van der Waals surface area (Å²) in [6.07, 6.45) is 0. The van der Waals surface area contributed by atoms with Gasteiger partial charge in [0.1, 0.15) is 12.6 Å². The van der Waals surface area contributed by atoms with Gasteiger partial charge in [0.2, 0.25) is 11.8 Å². The first-order valence-electron chi connectivity index (χ1n) is 12.7. The van der Waals surface area contributed by atoms with Gasteiger partial charge in [-0.2, -0.15) is 0 Å². The summed E-state index contributed by atoms with van der Waals surface area (Å²) < 4.78 is 29.4. The van der Waals surface area contributed by atoms with Crippen molar-refractivity contribution < 1.29 is 18.0 Å². The van der Waals surface area contributed by atoms with E-state index in [0.717, 1.165) is 9.87 Å². The molecule has 1 unspecified atom stereocenters. The second-order valence-electron chi connectivity index (χ2n) is 9.84. The molecule has 0 aromatic heterocycles. The second kappa shape index (κ2) is 13.9. The van der Waals surface area contributed by atoms with E-state index < -0.39 is 28.5 Å². The van der Waals surface area contributed by atoms with Gasteiger partial charge >= 0.3 is 0 Å². The van der Waals surface area contributed by atoms with Crippen molar-refractivity contribution in [3.8, 4) is 0 Å². The fourth-order valence-corrected chi connectivity index (χ4v) is 6.20. The fourth-order valence-electron chi connectivity index (χ4n) is 3.89. The Kier molecular flexibility index (Phi) is 11.1. The summed E-state index contributed by atoms with van der Waals surface area (Å²) in [7, 11) is -4.16. The predicted octanol–water partition coefficient (Wildman–Crippen LogP) is 6.45. The van der Waals surface area contributed by atoms with E-state index >= 15 is 0 Å². The molecule has 0 heterocycles. The largest absolute Gasteiger partial charge is 0.354 e. The van der Waals surface area contributed by atoms with E-state index in [0.29, 0.717) is 26.6 Å². The van der Waals surface area contributed by atoms with E-state index in [2.05, 4.69) is 21.2 Å². The molecule has 3 aromatic carbocycles. The first-order valence-corrected chi connectivity index (χ1v) is 15.6. The van der Waals surface area contributed by atoms with Gasteiger partial charge in [0, 0.05) is 33.2 Å². The molecule has 1 N–H and O–H groups in total. The summed E-state index contributed by atoms with van der Waals surface area (Å²) in [6.45, 7) is 7.14. The number of rotatable bonds is 11. The Hall–Kier alpha value is -2.59. The molecule has 0 aliphatic heterocycles. The normalized spacial score (nSPS) is 12.2. The van der Waals surface area contributed by atoms with Gasteiger partial charge in [0.05, 0.1) is 10.6 Å². The summed E-state index contributed by atoms with van der Waals surface area (Å²) >= 11 is 16.2. The molecule has 0 aliphatic rings. The van der Waals surface area contributed by atoms with Gasteiger partial charge in [0.15, 0.2) is 0 Å². The SMILES string of the molecule is Cc1ccc(S(=O)(=O)N(CC(=O)N(Cc2c(Cl)cccc2Cl)C(C)C(=O)NCC(C)C)c2cccc(Br)c2)cc1. The second-order valence-corrected chi connectivity index (χ2v) is 13.4. The van der Waals surface area contributed by atoms with Crippen LogP contribution >= 0.6 is 39.1 Å². The number of nitrogens with one attached hydrogen (secondary N) is 1. The minimum Gasteiger partial charge on any atom is -0.354 e. The molecule has 3 rings (SSSR count). The van der Waals surface area contributed by atoms with Gasteiger partial charge in [-0.15, -0.1) is 0 Å². The van der Waals surface area contributed by atoms with Crippen molar-refractivity contribution in [1.82, 2.24) is 10.2 Å². The van der Waals surface area contributed by atoms with Crippen LogP contribution in [0.5, 0.6) is 0 Å². The lowest BCUT2D eigenvalue weighted by Gasteiger charge is -2.32. The predicted molar refractivity (Wildman–Crippen MR) is 164 cm³/mol. The Bertz CT molecular complexity index is 1450. The highest BCUT2D eigenvalue weighted by molar-refractivity contribution is 9.10. The average Bonchev–Trinajstić information content (AvgIpc) is 2.89. The van der Waals surface area contributed by atoms with Gasteiger partial charge in [-0.3, -0.25) is 13.9 Å². The summed E-state index contributed by atoms with van der Waals surface area (Å²) in [5.74, 6) is -0.774. The summed E-state index contributed by atoms with van der Waals surface area (Å²) in [6, 6.07) is 17.1. The number of amides is 2. The van der Waals surface area contributed by atoms with E-state index in [-0.39, 0.29) is 29.0 Å². The van der Waals surface area contributed by atoms with E-state index in [1.807, 2.05) is 20.8 Å². The van der Waals surface area contributed by atoms with Crippen LogP contribution < -0.4 is 9.62 Å². The number of aryl methyl sites for hydroxylation is 1. The first-order chi connectivity index (χ1) is 18.8. The van der Waals surface area contributed by atoms with Crippen LogP contribution in [0, 0.1) is 12.8 Å². The molecule has 0 bridgehead atoms. The third kappa shape index (κ3) is 8.00. The zero-order valence-corrected chi connectivity index (χ0v) is 26.6. The Morgan fingerprint density at radius 3 is 2.12 bits per heavy atom. The Labute approximate surface area is 254 Å². The van der Waals surface area contributed by atoms with Crippen molar-refractivity contribution in [3.63, 3.8) is 0 Å². The highest BCUT2D eigenvalue weighted by Crippen LogP contribution is 2.29. The molecular formula is C29H32BrCl2N3O4S. The Morgan fingerprint density at radius 2 is 1.55 bits per heavy atom. The topological polar surface area (TPSA) is 86.8 Å². The molecule has 2 amide bonds. The molecule has 3 aromatic rings. The minimum atomic E-state index is -4.16. The highest BCUT2D eigenvalue weighted by Gasteiger charge is 2.33. The lowest BCUT2D eigenvalue weighted by Crippen LogP contribution is -2.51. The van der Waals surface area contributed by atoms with Crippen LogP contribution in [0.15, 0.2) is 76.1 Å². The zero-order valence-electron chi connectivity index (χ0n) is 22.7. The van der Waals surface area contributed by atoms with Crippen LogP contribution in [0.1, 0.15) is 31.9 Å². The molecule has 1 atom stereocenters.